The molecule has 0 bridgehead atoms. The van der Waals surface area contributed by atoms with Crippen molar-refractivity contribution in [1.29, 1.82) is 0 Å². The maximum atomic E-state index is 12.7. The van der Waals surface area contributed by atoms with Crippen molar-refractivity contribution in [3.8, 4) is 0 Å². The first-order chi connectivity index (χ1) is 8.46. The number of nitrogens with two attached hydrogens (primary N) is 1. The van der Waals surface area contributed by atoms with Crippen LogP contribution in [0.1, 0.15) is 28.8 Å². The Hall–Kier alpha value is -1.56. The number of halogens is 3. The summed E-state index contributed by atoms with van der Waals surface area (Å²) in [5, 5.41) is 2.45. The van der Waals surface area contributed by atoms with E-state index in [1.165, 1.54) is 18.2 Å². The third-order valence-electron chi connectivity index (χ3n) is 2.39. The highest BCUT2D eigenvalue weighted by molar-refractivity contribution is 5.95. The van der Waals surface area contributed by atoms with Crippen molar-refractivity contribution in [2.75, 3.05) is 13.1 Å². The third-order valence-corrected chi connectivity index (χ3v) is 2.39. The highest BCUT2D eigenvalue weighted by atomic mass is 19.4. The third kappa shape index (κ3) is 4.03. The smallest absolute Gasteiger partial charge is 0.352 e. The molecule has 0 aliphatic carbocycles. The van der Waals surface area contributed by atoms with E-state index in [-0.39, 0.29) is 5.56 Å². The summed E-state index contributed by atoms with van der Waals surface area (Å²) in [4.78, 5) is 11.6. The Kier molecular flexibility index (Phi) is 5.15. The Balaban J connectivity index is 2.74. The van der Waals surface area contributed by atoms with E-state index in [4.69, 9.17) is 5.73 Å². The summed E-state index contributed by atoms with van der Waals surface area (Å²) in [5.74, 6) is -0.708. The van der Waals surface area contributed by atoms with Crippen LogP contribution < -0.4 is 11.1 Å². The van der Waals surface area contributed by atoms with Crippen LogP contribution in [0.4, 0.5) is 13.2 Å². The molecule has 1 aromatic carbocycles. The number of rotatable bonds is 5. The second-order valence-corrected chi connectivity index (χ2v) is 3.80. The molecule has 1 aromatic rings. The molecule has 1 amide bonds. The molecule has 0 atom stereocenters. The van der Waals surface area contributed by atoms with Crippen LogP contribution in [0.25, 0.3) is 0 Å². The maximum absolute atomic E-state index is 12.7. The van der Waals surface area contributed by atoms with Gasteiger partial charge in [0.1, 0.15) is 0 Å². The lowest BCUT2D eigenvalue weighted by atomic mass is 10.1. The van der Waals surface area contributed by atoms with Gasteiger partial charge < -0.3 is 11.1 Å². The van der Waals surface area contributed by atoms with Crippen LogP contribution in [0.5, 0.6) is 0 Å². The van der Waals surface area contributed by atoms with Gasteiger partial charge in [-0.2, -0.15) is 13.2 Å². The van der Waals surface area contributed by atoms with E-state index in [1.54, 1.807) is 0 Å². The zero-order valence-corrected chi connectivity index (χ0v) is 9.76. The molecule has 0 spiro atoms. The molecule has 0 saturated carbocycles. The number of benzene rings is 1. The van der Waals surface area contributed by atoms with Gasteiger partial charge in [-0.1, -0.05) is 12.1 Å². The number of carbonyl (C=O) groups excluding carboxylic acids is 1. The maximum Gasteiger partial charge on any atom is 0.417 e. The van der Waals surface area contributed by atoms with Gasteiger partial charge in [-0.05, 0) is 31.5 Å². The molecule has 18 heavy (non-hydrogen) atoms. The van der Waals surface area contributed by atoms with Gasteiger partial charge in [-0.3, -0.25) is 4.79 Å². The summed E-state index contributed by atoms with van der Waals surface area (Å²) in [6, 6.07) is 4.73. The van der Waals surface area contributed by atoms with E-state index in [0.717, 1.165) is 12.5 Å². The molecule has 0 aliphatic heterocycles. The Labute approximate surface area is 103 Å². The van der Waals surface area contributed by atoms with Crippen LogP contribution in [0, 0.1) is 0 Å². The van der Waals surface area contributed by atoms with Gasteiger partial charge in [0, 0.05) is 6.54 Å². The minimum absolute atomic E-state index is 0.322. The molecular weight excluding hydrogens is 245 g/mol. The largest absolute Gasteiger partial charge is 0.417 e. The normalized spacial score (nSPS) is 11.3. The molecular formula is C12H15F3N2O. The summed E-state index contributed by atoms with van der Waals surface area (Å²) in [6.45, 7) is 0.817. The highest BCUT2D eigenvalue weighted by Crippen LogP contribution is 2.31. The van der Waals surface area contributed by atoms with Crippen molar-refractivity contribution in [3.63, 3.8) is 0 Å². The van der Waals surface area contributed by atoms with E-state index >= 15 is 0 Å². The van der Waals surface area contributed by atoms with Gasteiger partial charge in [0.05, 0.1) is 11.1 Å². The lowest BCUT2D eigenvalue weighted by Gasteiger charge is -2.12. The van der Waals surface area contributed by atoms with E-state index in [0.29, 0.717) is 19.5 Å². The molecule has 0 saturated heterocycles. The summed E-state index contributed by atoms with van der Waals surface area (Å²) in [7, 11) is 0. The minimum Gasteiger partial charge on any atom is -0.352 e. The van der Waals surface area contributed by atoms with Crippen molar-refractivity contribution >= 4 is 5.91 Å². The van der Waals surface area contributed by atoms with Crippen molar-refractivity contribution in [2.24, 2.45) is 5.73 Å². The summed E-state index contributed by atoms with van der Waals surface area (Å²) >= 11 is 0. The fraction of sp³-hybridized carbons (Fsp3) is 0.417. The van der Waals surface area contributed by atoms with Crippen LogP contribution in [-0.4, -0.2) is 19.0 Å². The van der Waals surface area contributed by atoms with Gasteiger partial charge in [-0.15, -0.1) is 0 Å². The highest BCUT2D eigenvalue weighted by Gasteiger charge is 2.34. The predicted molar refractivity (Wildman–Crippen MR) is 62.1 cm³/mol. The lowest BCUT2D eigenvalue weighted by Crippen LogP contribution is -2.27. The molecule has 0 heterocycles. The molecule has 0 radical (unpaired) electrons. The van der Waals surface area contributed by atoms with Crippen LogP contribution >= 0.6 is 0 Å². The van der Waals surface area contributed by atoms with Crippen molar-refractivity contribution in [3.05, 3.63) is 35.4 Å². The van der Waals surface area contributed by atoms with Gasteiger partial charge in [0.2, 0.25) is 0 Å². The summed E-state index contributed by atoms with van der Waals surface area (Å²) in [5.41, 5.74) is 4.01. The predicted octanol–water partition coefficient (Wildman–Crippen LogP) is 2.17. The van der Waals surface area contributed by atoms with E-state index < -0.39 is 17.6 Å². The SMILES string of the molecule is NCCCCNC(=O)c1ccccc1C(F)(F)F. The number of alkyl halides is 3. The van der Waals surface area contributed by atoms with Gasteiger partial charge in [0.25, 0.3) is 5.91 Å². The summed E-state index contributed by atoms with van der Waals surface area (Å²) in [6.07, 6.45) is -3.15. The van der Waals surface area contributed by atoms with Gasteiger partial charge >= 0.3 is 6.18 Å². The fourth-order valence-electron chi connectivity index (χ4n) is 1.49. The number of hydrogen-bond acceptors (Lipinski definition) is 2. The second-order valence-electron chi connectivity index (χ2n) is 3.80. The Bertz CT molecular complexity index is 405. The average molecular weight is 260 g/mol. The number of nitrogens with one attached hydrogen (secondary N) is 1. The van der Waals surface area contributed by atoms with Crippen LogP contribution in [0.15, 0.2) is 24.3 Å². The van der Waals surface area contributed by atoms with E-state index in [2.05, 4.69) is 5.32 Å². The second kappa shape index (κ2) is 6.39. The van der Waals surface area contributed by atoms with Crippen LogP contribution in [0.2, 0.25) is 0 Å². The standard InChI is InChI=1S/C12H15F3N2O/c13-12(14,15)10-6-2-1-5-9(10)11(18)17-8-4-3-7-16/h1-2,5-6H,3-4,7-8,16H2,(H,17,18). The zero-order chi connectivity index (χ0) is 13.6. The van der Waals surface area contributed by atoms with Crippen LogP contribution in [-0.2, 0) is 6.18 Å². The van der Waals surface area contributed by atoms with Gasteiger partial charge in [-0.25, -0.2) is 0 Å². The monoisotopic (exact) mass is 260 g/mol. The van der Waals surface area contributed by atoms with Gasteiger partial charge in [0.15, 0.2) is 0 Å². The number of unbranched alkanes of at least 4 members (excludes halogenated alkanes) is 1. The average Bonchev–Trinajstić information content (AvgIpc) is 2.33. The number of hydrogen-bond donors (Lipinski definition) is 2. The first-order valence-electron chi connectivity index (χ1n) is 5.61. The molecule has 0 aliphatic rings. The molecule has 1 rings (SSSR count). The molecule has 0 unspecified atom stereocenters. The lowest BCUT2D eigenvalue weighted by molar-refractivity contribution is -0.137. The number of carbonyl (C=O) groups is 1. The topological polar surface area (TPSA) is 55.1 Å². The molecule has 3 nitrogen and oxygen atoms in total. The van der Waals surface area contributed by atoms with Crippen molar-refractivity contribution in [2.45, 2.75) is 19.0 Å². The molecule has 0 fully saturated rings. The quantitative estimate of drug-likeness (QED) is 0.797. The first kappa shape index (κ1) is 14.5. The van der Waals surface area contributed by atoms with E-state index in [1.807, 2.05) is 0 Å². The fourth-order valence-corrected chi connectivity index (χ4v) is 1.49. The summed E-state index contributed by atoms with van der Waals surface area (Å²) < 4.78 is 38.0. The molecule has 0 aromatic heterocycles. The van der Waals surface area contributed by atoms with Crippen molar-refractivity contribution < 1.29 is 18.0 Å². The van der Waals surface area contributed by atoms with E-state index in [9.17, 15) is 18.0 Å². The zero-order valence-electron chi connectivity index (χ0n) is 9.76. The molecule has 100 valence electrons. The minimum atomic E-state index is -4.52. The molecule has 6 heteroatoms. The first-order valence-corrected chi connectivity index (χ1v) is 5.61. The number of amides is 1. The Morgan fingerprint density at radius 2 is 1.89 bits per heavy atom. The van der Waals surface area contributed by atoms with Crippen molar-refractivity contribution in [1.82, 2.24) is 5.32 Å². The van der Waals surface area contributed by atoms with Crippen LogP contribution in [0.3, 0.4) is 0 Å². The Morgan fingerprint density at radius 3 is 2.50 bits per heavy atom. The molecule has 3 N–H and O–H groups in total. The Morgan fingerprint density at radius 1 is 1.22 bits per heavy atom.